The van der Waals surface area contributed by atoms with Crippen molar-refractivity contribution in [3.8, 4) is 0 Å². The lowest BCUT2D eigenvalue weighted by molar-refractivity contribution is -0.384. The summed E-state index contributed by atoms with van der Waals surface area (Å²) in [5, 5.41) is 13.8. The van der Waals surface area contributed by atoms with Crippen molar-refractivity contribution in [3.05, 3.63) is 58.4 Å². The van der Waals surface area contributed by atoms with Crippen molar-refractivity contribution in [2.45, 2.75) is 12.5 Å². The summed E-state index contributed by atoms with van der Waals surface area (Å²) >= 11 is 1.58. The molecule has 3 rings (SSSR count). The number of piperazine rings is 1. The number of carbonyl (C=O) groups is 2. The van der Waals surface area contributed by atoms with Gasteiger partial charge in [-0.05, 0) is 30.6 Å². The molecule has 1 aliphatic rings. The second-order valence-corrected chi connectivity index (χ2v) is 7.96. The highest BCUT2D eigenvalue weighted by molar-refractivity contribution is 7.98. The lowest BCUT2D eigenvalue weighted by Crippen LogP contribution is -2.55. The van der Waals surface area contributed by atoms with Gasteiger partial charge in [-0.25, -0.2) is 9.97 Å². The molecule has 164 valence electrons. The first-order valence-corrected chi connectivity index (χ1v) is 11.2. The predicted octanol–water partition coefficient (Wildman–Crippen LogP) is 1.59. The number of non-ortho nitro benzene ring substituents is 1. The maximum absolute atomic E-state index is 13.1. The number of nitrogens with zero attached hydrogens (tertiary/aromatic N) is 5. The van der Waals surface area contributed by atoms with Crippen LogP contribution in [0.4, 0.5) is 11.6 Å². The van der Waals surface area contributed by atoms with E-state index < -0.39 is 16.9 Å². The topological polar surface area (TPSA) is 122 Å². The second kappa shape index (κ2) is 10.7. The molecule has 1 atom stereocenters. The largest absolute Gasteiger partial charge is 0.340 e. The molecular formula is C20H24N6O4S. The van der Waals surface area contributed by atoms with Crippen LogP contribution >= 0.6 is 11.8 Å². The van der Waals surface area contributed by atoms with Crippen molar-refractivity contribution in [2.75, 3.05) is 43.1 Å². The summed E-state index contributed by atoms with van der Waals surface area (Å²) in [7, 11) is 0. The van der Waals surface area contributed by atoms with Gasteiger partial charge in [0.25, 0.3) is 11.6 Å². The van der Waals surface area contributed by atoms with E-state index in [1.54, 1.807) is 35.1 Å². The number of hydrogen-bond acceptors (Lipinski definition) is 8. The molecule has 0 radical (unpaired) electrons. The van der Waals surface area contributed by atoms with Gasteiger partial charge in [-0.1, -0.05) is 6.07 Å². The fraction of sp³-hybridized carbons (Fsp3) is 0.400. The number of rotatable bonds is 8. The fourth-order valence-electron chi connectivity index (χ4n) is 3.30. The number of aromatic nitrogens is 2. The molecule has 0 bridgehead atoms. The van der Waals surface area contributed by atoms with Crippen LogP contribution in [0.25, 0.3) is 0 Å². The Kier molecular flexibility index (Phi) is 7.76. The van der Waals surface area contributed by atoms with Gasteiger partial charge < -0.3 is 15.1 Å². The number of anilines is 1. The number of nitro benzene ring substituents is 1. The molecule has 0 spiro atoms. The van der Waals surface area contributed by atoms with Crippen LogP contribution < -0.4 is 10.2 Å². The first-order valence-electron chi connectivity index (χ1n) is 9.84. The molecule has 0 saturated carbocycles. The van der Waals surface area contributed by atoms with Crippen LogP contribution in [0.1, 0.15) is 16.8 Å². The molecule has 2 aromatic rings. The fourth-order valence-corrected chi connectivity index (χ4v) is 3.77. The van der Waals surface area contributed by atoms with Crippen LogP contribution in [-0.2, 0) is 4.79 Å². The standard InChI is InChI=1S/C20H24N6O4S/c1-31-13-6-17(23-18(27)15-4-2-5-16(14-15)26(29)30)19(28)24-9-11-25(12-10-24)20-21-7-3-8-22-20/h2-5,7-8,14,17H,6,9-13H2,1H3,(H,23,27). The molecule has 0 aliphatic carbocycles. The number of benzene rings is 1. The Morgan fingerprint density at radius 3 is 2.55 bits per heavy atom. The number of hydrogen-bond donors (Lipinski definition) is 1. The number of amides is 2. The summed E-state index contributed by atoms with van der Waals surface area (Å²) in [5.41, 5.74) is -0.0129. The Hall–Kier alpha value is -3.21. The van der Waals surface area contributed by atoms with Crippen molar-refractivity contribution in [3.63, 3.8) is 0 Å². The van der Waals surface area contributed by atoms with E-state index in [0.717, 1.165) is 0 Å². The van der Waals surface area contributed by atoms with Gasteiger partial charge in [-0.2, -0.15) is 11.8 Å². The van der Waals surface area contributed by atoms with Crippen molar-refractivity contribution in [1.29, 1.82) is 0 Å². The molecule has 11 heteroatoms. The molecule has 1 aliphatic heterocycles. The van der Waals surface area contributed by atoms with Gasteiger partial charge in [0.15, 0.2) is 0 Å². The molecule has 10 nitrogen and oxygen atoms in total. The van der Waals surface area contributed by atoms with Crippen molar-refractivity contribution in [2.24, 2.45) is 0 Å². The Bertz CT molecular complexity index is 921. The summed E-state index contributed by atoms with van der Waals surface area (Å²) in [6, 6.07) is 6.54. The van der Waals surface area contributed by atoms with E-state index in [9.17, 15) is 19.7 Å². The molecule has 1 aromatic heterocycles. The number of carbonyl (C=O) groups excluding carboxylic acids is 2. The summed E-state index contributed by atoms with van der Waals surface area (Å²) in [6.45, 7) is 2.20. The first-order chi connectivity index (χ1) is 15.0. The second-order valence-electron chi connectivity index (χ2n) is 6.98. The first kappa shape index (κ1) is 22.5. The molecular weight excluding hydrogens is 420 g/mol. The number of nitrogens with one attached hydrogen (secondary N) is 1. The molecule has 2 heterocycles. The third kappa shape index (κ3) is 5.91. The van der Waals surface area contributed by atoms with E-state index in [0.29, 0.717) is 44.3 Å². The van der Waals surface area contributed by atoms with Gasteiger partial charge in [-0.3, -0.25) is 19.7 Å². The van der Waals surface area contributed by atoms with Gasteiger partial charge in [-0.15, -0.1) is 0 Å². The maximum atomic E-state index is 13.1. The average Bonchev–Trinajstić information content (AvgIpc) is 2.82. The predicted molar refractivity (Wildman–Crippen MR) is 118 cm³/mol. The molecule has 1 unspecified atom stereocenters. The van der Waals surface area contributed by atoms with E-state index >= 15 is 0 Å². The highest BCUT2D eigenvalue weighted by Crippen LogP contribution is 2.15. The molecule has 1 saturated heterocycles. The Labute approximate surface area is 184 Å². The maximum Gasteiger partial charge on any atom is 0.270 e. The van der Waals surface area contributed by atoms with Gasteiger partial charge in [0.05, 0.1) is 4.92 Å². The zero-order valence-electron chi connectivity index (χ0n) is 17.1. The van der Waals surface area contributed by atoms with Gasteiger partial charge >= 0.3 is 0 Å². The number of nitro groups is 1. The third-order valence-electron chi connectivity index (χ3n) is 4.96. The summed E-state index contributed by atoms with van der Waals surface area (Å²) in [6.07, 6.45) is 5.77. The van der Waals surface area contributed by atoms with Crippen LogP contribution in [-0.4, -0.2) is 75.8 Å². The number of thioether (sulfide) groups is 1. The summed E-state index contributed by atoms with van der Waals surface area (Å²) in [5.74, 6) is 0.678. The zero-order chi connectivity index (χ0) is 22.2. The highest BCUT2D eigenvalue weighted by Gasteiger charge is 2.29. The van der Waals surface area contributed by atoms with Crippen LogP contribution in [0.3, 0.4) is 0 Å². The lowest BCUT2D eigenvalue weighted by atomic mass is 10.1. The Morgan fingerprint density at radius 1 is 1.19 bits per heavy atom. The Balaban J connectivity index is 1.65. The summed E-state index contributed by atoms with van der Waals surface area (Å²) in [4.78, 5) is 48.5. The normalized spacial score (nSPS) is 14.7. The highest BCUT2D eigenvalue weighted by atomic mass is 32.2. The van der Waals surface area contributed by atoms with Crippen LogP contribution in [0.15, 0.2) is 42.7 Å². The van der Waals surface area contributed by atoms with Crippen molar-refractivity contribution in [1.82, 2.24) is 20.2 Å². The lowest BCUT2D eigenvalue weighted by Gasteiger charge is -2.36. The Morgan fingerprint density at radius 2 is 1.90 bits per heavy atom. The minimum absolute atomic E-state index is 0.151. The minimum atomic E-state index is -0.696. The zero-order valence-corrected chi connectivity index (χ0v) is 18.0. The van der Waals surface area contributed by atoms with Gasteiger partial charge in [0.2, 0.25) is 11.9 Å². The molecule has 2 amide bonds. The van der Waals surface area contributed by atoms with E-state index in [-0.39, 0.29) is 17.2 Å². The van der Waals surface area contributed by atoms with E-state index in [1.165, 1.54) is 24.3 Å². The smallest absolute Gasteiger partial charge is 0.270 e. The SMILES string of the molecule is CSCCC(NC(=O)c1cccc([N+](=O)[O-])c1)C(=O)N1CCN(c2ncccn2)CC1. The van der Waals surface area contributed by atoms with E-state index in [4.69, 9.17) is 0 Å². The molecule has 1 fully saturated rings. The molecule has 1 N–H and O–H groups in total. The minimum Gasteiger partial charge on any atom is -0.340 e. The molecule has 1 aromatic carbocycles. The van der Waals surface area contributed by atoms with Crippen LogP contribution in [0, 0.1) is 10.1 Å². The van der Waals surface area contributed by atoms with Gasteiger partial charge in [0, 0.05) is 56.3 Å². The summed E-state index contributed by atoms with van der Waals surface area (Å²) < 4.78 is 0. The van der Waals surface area contributed by atoms with Crippen LogP contribution in [0.2, 0.25) is 0 Å². The van der Waals surface area contributed by atoms with E-state index in [1.807, 2.05) is 11.2 Å². The third-order valence-corrected chi connectivity index (χ3v) is 5.60. The quantitative estimate of drug-likeness (QED) is 0.481. The van der Waals surface area contributed by atoms with Gasteiger partial charge in [0.1, 0.15) is 6.04 Å². The molecule has 31 heavy (non-hydrogen) atoms. The van der Waals surface area contributed by atoms with E-state index in [2.05, 4.69) is 15.3 Å². The monoisotopic (exact) mass is 444 g/mol. The van der Waals surface area contributed by atoms with Crippen molar-refractivity contribution < 1.29 is 14.5 Å². The van der Waals surface area contributed by atoms with Crippen molar-refractivity contribution >= 4 is 35.2 Å². The van der Waals surface area contributed by atoms with Crippen LogP contribution in [0.5, 0.6) is 0 Å². The average molecular weight is 445 g/mol.